The number of β-amino-alcohol motifs (C(OH)–C–C–N with tert-alkyl or cyclic N) is 1. The normalized spacial score (nSPS) is 21.7. The van der Waals surface area contributed by atoms with Crippen molar-refractivity contribution >= 4 is 0 Å². The zero-order chi connectivity index (χ0) is 14.5. The number of likely N-dealkylation sites (tertiary alicyclic amines) is 1. The van der Waals surface area contributed by atoms with E-state index in [9.17, 15) is 5.11 Å². The molecule has 1 heterocycles. The van der Waals surface area contributed by atoms with Gasteiger partial charge in [0.05, 0.1) is 0 Å². The summed E-state index contributed by atoms with van der Waals surface area (Å²) >= 11 is 0. The van der Waals surface area contributed by atoms with Crippen molar-refractivity contribution in [2.24, 2.45) is 5.92 Å². The third kappa shape index (κ3) is 4.50. The van der Waals surface area contributed by atoms with Crippen LogP contribution < -0.4 is 4.74 Å². The molecule has 2 atom stereocenters. The van der Waals surface area contributed by atoms with Crippen molar-refractivity contribution in [2.45, 2.75) is 39.7 Å². The third-order valence-electron chi connectivity index (χ3n) is 3.98. The molecule has 112 valence electrons. The van der Waals surface area contributed by atoms with E-state index in [-0.39, 0.29) is 0 Å². The lowest BCUT2D eigenvalue weighted by Crippen LogP contribution is -2.41. The quantitative estimate of drug-likeness (QED) is 0.898. The molecule has 1 aliphatic heterocycles. The van der Waals surface area contributed by atoms with Gasteiger partial charge >= 0.3 is 0 Å². The maximum atomic E-state index is 10.1. The maximum absolute atomic E-state index is 10.1. The van der Waals surface area contributed by atoms with Gasteiger partial charge in [-0.2, -0.15) is 0 Å². The average Bonchev–Trinajstić information content (AvgIpc) is 2.40. The topological polar surface area (TPSA) is 32.7 Å². The van der Waals surface area contributed by atoms with Crippen molar-refractivity contribution in [1.29, 1.82) is 0 Å². The number of piperidine rings is 1. The van der Waals surface area contributed by atoms with E-state index in [4.69, 9.17) is 4.74 Å². The fraction of sp³-hybridized carbons (Fsp3) is 0.647. The zero-order valence-corrected chi connectivity index (χ0v) is 12.9. The highest BCUT2D eigenvalue weighted by molar-refractivity contribution is 5.35. The second-order valence-electron chi connectivity index (χ2n) is 6.24. The number of rotatable bonds is 5. The smallest absolute Gasteiger partial charge is 0.122 e. The minimum atomic E-state index is -0.416. The van der Waals surface area contributed by atoms with Gasteiger partial charge in [-0.3, -0.25) is 0 Å². The molecule has 1 aliphatic rings. The Bertz CT molecular complexity index is 433. The summed E-state index contributed by atoms with van der Waals surface area (Å²) in [4.78, 5) is 2.35. The van der Waals surface area contributed by atoms with Crippen LogP contribution in [0.5, 0.6) is 5.75 Å². The van der Waals surface area contributed by atoms with Gasteiger partial charge in [0.15, 0.2) is 0 Å². The Morgan fingerprint density at radius 1 is 1.40 bits per heavy atom. The number of hydrogen-bond donors (Lipinski definition) is 1. The number of aliphatic hydroxyl groups is 1. The van der Waals surface area contributed by atoms with Crippen LogP contribution in [0.25, 0.3) is 0 Å². The number of aliphatic hydroxyl groups excluding tert-OH is 1. The summed E-state index contributed by atoms with van der Waals surface area (Å²) in [5.74, 6) is 1.63. The summed E-state index contributed by atoms with van der Waals surface area (Å²) in [5.41, 5.74) is 2.30. The van der Waals surface area contributed by atoms with Gasteiger partial charge in [0, 0.05) is 13.1 Å². The first-order chi connectivity index (χ1) is 9.54. The first-order valence-corrected chi connectivity index (χ1v) is 7.65. The monoisotopic (exact) mass is 277 g/mol. The maximum Gasteiger partial charge on any atom is 0.122 e. The number of ether oxygens (including phenoxy) is 1. The van der Waals surface area contributed by atoms with E-state index >= 15 is 0 Å². The zero-order valence-electron chi connectivity index (χ0n) is 12.9. The molecule has 0 aromatic heterocycles. The van der Waals surface area contributed by atoms with Crippen LogP contribution in [-0.4, -0.2) is 42.4 Å². The molecule has 0 aliphatic carbocycles. The molecule has 1 aromatic rings. The van der Waals surface area contributed by atoms with Gasteiger partial charge in [-0.15, -0.1) is 0 Å². The van der Waals surface area contributed by atoms with E-state index < -0.39 is 6.10 Å². The van der Waals surface area contributed by atoms with Gasteiger partial charge in [0.25, 0.3) is 0 Å². The molecular weight excluding hydrogens is 250 g/mol. The summed E-state index contributed by atoms with van der Waals surface area (Å²) in [6.45, 7) is 9.66. The van der Waals surface area contributed by atoms with Gasteiger partial charge in [-0.25, -0.2) is 0 Å². The Labute approximate surface area is 122 Å². The third-order valence-corrected chi connectivity index (χ3v) is 3.98. The molecule has 1 fully saturated rings. The van der Waals surface area contributed by atoms with E-state index in [2.05, 4.69) is 30.9 Å². The van der Waals surface area contributed by atoms with Crippen molar-refractivity contribution in [2.75, 3.05) is 26.2 Å². The van der Waals surface area contributed by atoms with Crippen molar-refractivity contribution in [3.8, 4) is 5.75 Å². The Hall–Kier alpha value is -1.06. The van der Waals surface area contributed by atoms with Crippen LogP contribution in [0.1, 0.15) is 30.9 Å². The van der Waals surface area contributed by atoms with Crippen LogP contribution in [0.15, 0.2) is 18.2 Å². The molecule has 20 heavy (non-hydrogen) atoms. The summed E-state index contributed by atoms with van der Waals surface area (Å²) in [6, 6.07) is 6.17. The summed E-state index contributed by atoms with van der Waals surface area (Å²) in [6.07, 6.45) is 2.14. The lowest BCUT2D eigenvalue weighted by Gasteiger charge is -2.32. The molecule has 0 spiro atoms. The van der Waals surface area contributed by atoms with Gasteiger partial charge in [-0.05, 0) is 56.3 Å². The number of benzene rings is 1. The van der Waals surface area contributed by atoms with E-state index in [0.717, 1.165) is 36.9 Å². The minimum Gasteiger partial charge on any atom is -0.491 e. The highest BCUT2D eigenvalue weighted by Crippen LogP contribution is 2.20. The van der Waals surface area contributed by atoms with E-state index in [1.54, 1.807) is 0 Å². The largest absolute Gasteiger partial charge is 0.491 e. The predicted molar refractivity (Wildman–Crippen MR) is 82.3 cm³/mol. The van der Waals surface area contributed by atoms with Crippen LogP contribution in [-0.2, 0) is 0 Å². The molecule has 0 unspecified atom stereocenters. The fourth-order valence-electron chi connectivity index (χ4n) is 2.85. The number of hydrogen-bond acceptors (Lipinski definition) is 3. The van der Waals surface area contributed by atoms with Crippen LogP contribution >= 0.6 is 0 Å². The Morgan fingerprint density at radius 2 is 2.20 bits per heavy atom. The molecule has 1 aromatic carbocycles. The second kappa shape index (κ2) is 7.09. The number of nitrogens with zero attached hydrogens (tertiary/aromatic N) is 1. The van der Waals surface area contributed by atoms with Crippen molar-refractivity contribution in [3.05, 3.63) is 29.3 Å². The molecule has 2 rings (SSSR count). The van der Waals surface area contributed by atoms with Crippen molar-refractivity contribution in [3.63, 3.8) is 0 Å². The SMILES string of the molecule is Cc1ccc(C)c(OC[C@H](O)CN2CCC[C@H](C)C2)c1. The van der Waals surface area contributed by atoms with Gasteiger partial charge in [0.2, 0.25) is 0 Å². The van der Waals surface area contributed by atoms with E-state index in [1.165, 1.54) is 18.4 Å². The fourth-order valence-corrected chi connectivity index (χ4v) is 2.85. The molecule has 0 bridgehead atoms. The van der Waals surface area contributed by atoms with E-state index in [1.807, 2.05) is 13.0 Å². The Balaban J connectivity index is 1.79. The van der Waals surface area contributed by atoms with Crippen LogP contribution in [0, 0.1) is 19.8 Å². The standard InChI is InChI=1S/C17H27NO2/c1-13-6-7-15(3)17(9-13)20-12-16(19)11-18-8-4-5-14(2)10-18/h6-7,9,14,16,19H,4-5,8,10-12H2,1-3H3/t14-,16+/m0/s1. The minimum absolute atomic E-state index is 0.370. The molecule has 1 N–H and O–H groups in total. The Kier molecular flexibility index (Phi) is 5.44. The van der Waals surface area contributed by atoms with Crippen molar-refractivity contribution < 1.29 is 9.84 Å². The summed E-state index contributed by atoms with van der Waals surface area (Å²) in [5, 5.41) is 10.1. The highest BCUT2D eigenvalue weighted by Gasteiger charge is 2.19. The van der Waals surface area contributed by atoms with Gasteiger partial charge in [-0.1, -0.05) is 19.1 Å². The van der Waals surface area contributed by atoms with Crippen LogP contribution in [0.3, 0.4) is 0 Å². The molecule has 0 radical (unpaired) electrons. The van der Waals surface area contributed by atoms with Crippen LogP contribution in [0.2, 0.25) is 0 Å². The van der Waals surface area contributed by atoms with Crippen LogP contribution in [0.4, 0.5) is 0 Å². The molecule has 0 amide bonds. The average molecular weight is 277 g/mol. The molecule has 3 nitrogen and oxygen atoms in total. The van der Waals surface area contributed by atoms with E-state index in [0.29, 0.717) is 6.61 Å². The highest BCUT2D eigenvalue weighted by atomic mass is 16.5. The first-order valence-electron chi connectivity index (χ1n) is 7.65. The summed E-state index contributed by atoms with van der Waals surface area (Å²) < 4.78 is 5.77. The van der Waals surface area contributed by atoms with Gasteiger partial charge < -0.3 is 14.7 Å². The summed E-state index contributed by atoms with van der Waals surface area (Å²) in [7, 11) is 0. The number of aryl methyl sites for hydroxylation is 2. The lowest BCUT2D eigenvalue weighted by molar-refractivity contribution is 0.0535. The van der Waals surface area contributed by atoms with Gasteiger partial charge in [0.1, 0.15) is 18.5 Å². The lowest BCUT2D eigenvalue weighted by atomic mass is 10.0. The first kappa shape index (κ1) is 15.3. The molecule has 3 heteroatoms. The Morgan fingerprint density at radius 3 is 2.95 bits per heavy atom. The van der Waals surface area contributed by atoms with Crippen molar-refractivity contribution in [1.82, 2.24) is 4.90 Å². The predicted octanol–water partition coefficient (Wildman–Crippen LogP) is 2.78. The molecule has 0 saturated carbocycles. The second-order valence-corrected chi connectivity index (χ2v) is 6.24. The molecule has 1 saturated heterocycles. The molecular formula is C17H27NO2.